The van der Waals surface area contributed by atoms with Crippen LogP contribution in [0.4, 0.5) is 17.2 Å². The van der Waals surface area contributed by atoms with Gasteiger partial charge in [-0.2, -0.15) is 20.7 Å². The first-order valence-electron chi connectivity index (χ1n) is 6.61. The van der Waals surface area contributed by atoms with Crippen LogP contribution in [0.5, 0.6) is 0 Å². The number of hydrogen-bond donors (Lipinski definition) is 1. The van der Waals surface area contributed by atoms with E-state index < -0.39 is 0 Å². The van der Waals surface area contributed by atoms with E-state index in [0.717, 1.165) is 0 Å². The number of fused-ring (bicyclic) bond motifs is 1. The molecule has 0 spiro atoms. The molecule has 0 aliphatic carbocycles. The van der Waals surface area contributed by atoms with Crippen LogP contribution in [-0.2, 0) is 0 Å². The van der Waals surface area contributed by atoms with Crippen molar-refractivity contribution >= 4 is 22.8 Å². The molecule has 0 aliphatic rings. The Morgan fingerprint density at radius 3 is 2.52 bits per heavy atom. The number of aromatic nitrogens is 3. The molecule has 23 heavy (non-hydrogen) atoms. The highest BCUT2D eigenvalue weighted by Crippen LogP contribution is 2.28. The molecule has 2 N–H and O–H groups in total. The fourth-order valence-electron chi connectivity index (χ4n) is 2.09. The summed E-state index contributed by atoms with van der Waals surface area (Å²) >= 11 is 0. The van der Waals surface area contributed by atoms with Crippen LogP contribution in [0.1, 0.15) is 17.0 Å². The van der Waals surface area contributed by atoms with Crippen molar-refractivity contribution in [2.75, 3.05) is 5.73 Å². The zero-order valence-corrected chi connectivity index (χ0v) is 12.1. The van der Waals surface area contributed by atoms with E-state index in [0.29, 0.717) is 17.1 Å². The molecule has 0 fully saturated rings. The highest BCUT2D eigenvalue weighted by atomic mass is 15.3. The summed E-state index contributed by atoms with van der Waals surface area (Å²) in [6.07, 6.45) is 0. The molecule has 110 valence electrons. The van der Waals surface area contributed by atoms with Crippen molar-refractivity contribution in [3.05, 3.63) is 47.3 Å². The maximum atomic E-state index is 9.28. The molecule has 0 saturated carbocycles. The lowest BCUT2D eigenvalue weighted by Gasteiger charge is -2.01. The van der Waals surface area contributed by atoms with Crippen LogP contribution in [0.25, 0.3) is 5.65 Å². The number of aryl methyl sites for hydroxylation is 1. The molecule has 8 heteroatoms. The number of rotatable bonds is 2. The Kier molecular flexibility index (Phi) is 3.41. The van der Waals surface area contributed by atoms with E-state index in [4.69, 9.17) is 11.0 Å². The number of hydrogen-bond acceptors (Lipinski definition) is 7. The van der Waals surface area contributed by atoms with Gasteiger partial charge in [0.25, 0.3) is 0 Å². The fraction of sp³-hybridized carbons (Fsp3) is 0.0667. The molecule has 0 radical (unpaired) electrons. The number of anilines is 1. The van der Waals surface area contributed by atoms with Crippen molar-refractivity contribution in [3.63, 3.8) is 0 Å². The molecule has 0 aliphatic heterocycles. The number of nitrogens with zero attached hydrogens (tertiary/aromatic N) is 7. The summed E-state index contributed by atoms with van der Waals surface area (Å²) in [5, 5.41) is 30.9. The van der Waals surface area contributed by atoms with Crippen molar-refractivity contribution in [2.45, 2.75) is 6.92 Å². The maximum absolute atomic E-state index is 9.28. The SMILES string of the molecule is Cc1nn2c(C#N)c(C#N)c(N)nc2c1N=Nc1ccccc1. The first-order valence-corrected chi connectivity index (χ1v) is 6.61. The van der Waals surface area contributed by atoms with Crippen LogP contribution in [0.15, 0.2) is 40.6 Å². The van der Waals surface area contributed by atoms with Gasteiger partial charge in [-0.1, -0.05) is 18.2 Å². The van der Waals surface area contributed by atoms with Crippen molar-refractivity contribution in [1.29, 1.82) is 10.5 Å². The van der Waals surface area contributed by atoms with Gasteiger partial charge in [-0.3, -0.25) is 0 Å². The first-order chi connectivity index (χ1) is 11.2. The molecule has 0 amide bonds. The minimum atomic E-state index is -0.0346. The number of azo groups is 1. The molecule has 0 unspecified atom stereocenters. The Balaban J connectivity index is 2.22. The van der Waals surface area contributed by atoms with Gasteiger partial charge in [-0.25, -0.2) is 9.50 Å². The predicted molar refractivity (Wildman–Crippen MR) is 82.2 cm³/mol. The second kappa shape index (κ2) is 5.54. The second-order valence-corrected chi connectivity index (χ2v) is 4.65. The third-order valence-corrected chi connectivity index (χ3v) is 3.18. The molecule has 3 rings (SSSR count). The Bertz CT molecular complexity index is 1000. The second-order valence-electron chi connectivity index (χ2n) is 4.65. The van der Waals surface area contributed by atoms with E-state index in [2.05, 4.69) is 20.3 Å². The quantitative estimate of drug-likeness (QED) is 0.727. The van der Waals surface area contributed by atoms with Crippen LogP contribution < -0.4 is 5.73 Å². The van der Waals surface area contributed by atoms with Crippen molar-refractivity contribution in [1.82, 2.24) is 14.6 Å². The largest absolute Gasteiger partial charge is 0.382 e. The summed E-state index contributed by atoms with van der Waals surface area (Å²) in [6.45, 7) is 1.72. The smallest absolute Gasteiger partial charge is 0.186 e. The number of nitrogens with two attached hydrogens (primary N) is 1. The zero-order chi connectivity index (χ0) is 16.4. The third kappa shape index (κ3) is 2.34. The highest BCUT2D eigenvalue weighted by molar-refractivity contribution is 5.72. The van der Waals surface area contributed by atoms with Gasteiger partial charge in [-0.05, 0) is 19.1 Å². The fourth-order valence-corrected chi connectivity index (χ4v) is 2.09. The number of nitrogen functional groups attached to an aromatic ring is 1. The Labute approximate surface area is 131 Å². The van der Waals surface area contributed by atoms with Gasteiger partial charge in [0.1, 0.15) is 23.5 Å². The van der Waals surface area contributed by atoms with Crippen LogP contribution in [0.3, 0.4) is 0 Å². The molecular weight excluding hydrogens is 292 g/mol. The zero-order valence-electron chi connectivity index (χ0n) is 12.1. The van der Waals surface area contributed by atoms with Gasteiger partial charge in [0.2, 0.25) is 0 Å². The minimum absolute atomic E-state index is 0.00551. The monoisotopic (exact) mass is 302 g/mol. The van der Waals surface area contributed by atoms with Gasteiger partial charge in [0.15, 0.2) is 17.0 Å². The van der Waals surface area contributed by atoms with Crippen LogP contribution in [0.2, 0.25) is 0 Å². The maximum Gasteiger partial charge on any atom is 0.186 e. The third-order valence-electron chi connectivity index (χ3n) is 3.18. The molecule has 8 nitrogen and oxygen atoms in total. The molecule has 2 aromatic heterocycles. The van der Waals surface area contributed by atoms with Crippen molar-refractivity contribution in [3.8, 4) is 12.1 Å². The molecule has 0 bridgehead atoms. The van der Waals surface area contributed by atoms with E-state index in [1.165, 1.54) is 4.52 Å². The Morgan fingerprint density at radius 1 is 1.13 bits per heavy atom. The van der Waals surface area contributed by atoms with E-state index in [9.17, 15) is 5.26 Å². The van der Waals surface area contributed by atoms with E-state index in [-0.39, 0.29) is 22.7 Å². The molecule has 2 heterocycles. The van der Waals surface area contributed by atoms with Gasteiger partial charge in [0, 0.05) is 0 Å². The molecule has 1 aromatic carbocycles. The lowest BCUT2D eigenvalue weighted by Crippen LogP contribution is -2.05. The molecule has 0 atom stereocenters. The topological polar surface area (TPSA) is 129 Å². The average Bonchev–Trinajstić information content (AvgIpc) is 2.87. The van der Waals surface area contributed by atoms with Gasteiger partial charge in [0.05, 0.1) is 11.4 Å². The van der Waals surface area contributed by atoms with E-state index in [1.807, 2.05) is 30.3 Å². The standard InChI is InChI=1S/C15H10N8/c1-9-13(21-20-10-5-3-2-4-6-10)15-19-14(18)11(7-16)12(8-17)23(15)22-9/h2-6H,1H3,(H2,18,19). The van der Waals surface area contributed by atoms with Crippen LogP contribution in [0, 0.1) is 29.6 Å². The Hall–Kier alpha value is -3.78. The minimum Gasteiger partial charge on any atom is -0.382 e. The van der Waals surface area contributed by atoms with E-state index >= 15 is 0 Å². The normalized spacial score (nSPS) is 10.7. The van der Waals surface area contributed by atoms with Crippen molar-refractivity contribution in [2.24, 2.45) is 10.2 Å². The van der Waals surface area contributed by atoms with Crippen LogP contribution >= 0.6 is 0 Å². The highest BCUT2D eigenvalue weighted by Gasteiger charge is 2.19. The summed E-state index contributed by atoms with van der Waals surface area (Å²) in [5.74, 6) is -0.0346. The summed E-state index contributed by atoms with van der Waals surface area (Å²) in [6, 6.07) is 13.0. The summed E-state index contributed by atoms with van der Waals surface area (Å²) < 4.78 is 1.27. The molecule has 0 saturated heterocycles. The van der Waals surface area contributed by atoms with Crippen LogP contribution in [-0.4, -0.2) is 14.6 Å². The molecular formula is C15H10N8. The van der Waals surface area contributed by atoms with Gasteiger partial charge >= 0.3 is 0 Å². The first kappa shape index (κ1) is 14.2. The number of nitriles is 2. The lowest BCUT2D eigenvalue weighted by molar-refractivity contribution is 0.898. The predicted octanol–water partition coefficient (Wildman–Crippen LogP) is 2.78. The lowest BCUT2D eigenvalue weighted by atomic mass is 10.2. The average molecular weight is 302 g/mol. The summed E-state index contributed by atoms with van der Waals surface area (Å²) in [5.41, 5.74) is 7.68. The number of benzene rings is 1. The van der Waals surface area contributed by atoms with Gasteiger partial charge < -0.3 is 5.73 Å². The summed E-state index contributed by atoms with van der Waals surface area (Å²) in [4.78, 5) is 4.14. The van der Waals surface area contributed by atoms with Crippen molar-refractivity contribution < 1.29 is 0 Å². The molecule has 3 aromatic rings. The van der Waals surface area contributed by atoms with E-state index in [1.54, 1.807) is 19.1 Å². The van der Waals surface area contributed by atoms with Gasteiger partial charge in [-0.15, -0.1) is 5.11 Å². The summed E-state index contributed by atoms with van der Waals surface area (Å²) in [7, 11) is 0. The Morgan fingerprint density at radius 2 is 1.87 bits per heavy atom.